The lowest BCUT2D eigenvalue weighted by Crippen LogP contribution is -2.18. The van der Waals surface area contributed by atoms with Crippen molar-refractivity contribution >= 4 is 34.1 Å². The zero-order chi connectivity index (χ0) is 47.8. The van der Waals surface area contributed by atoms with Gasteiger partial charge in [0.25, 0.3) is 0 Å². The van der Waals surface area contributed by atoms with Crippen molar-refractivity contribution in [3.63, 3.8) is 0 Å². The van der Waals surface area contributed by atoms with Crippen LogP contribution in [0.5, 0.6) is 0 Å². The van der Waals surface area contributed by atoms with E-state index in [-0.39, 0.29) is 0 Å². The SMILES string of the molecule is c1ccc(-c2cccc(-c3ccc(N(c4cccc(-c5ccccc5)c4)c4cc5c6c(c4)CCc4cc(N(c7cccc(-c8ccccc8)c7)c7cccc(-c8ccccc8)c7)cc(c4-6)CC5)cc3)c2)cc1. The van der Waals surface area contributed by atoms with Crippen LogP contribution < -0.4 is 9.80 Å². The molecule has 0 aliphatic heterocycles. The fourth-order valence-corrected chi connectivity index (χ4v) is 11.3. The maximum Gasteiger partial charge on any atom is 0.0467 e. The van der Waals surface area contributed by atoms with E-state index >= 15 is 0 Å². The van der Waals surface area contributed by atoms with Gasteiger partial charge in [0, 0.05) is 34.1 Å². The van der Waals surface area contributed by atoms with E-state index in [0.29, 0.717) is 0 Å². The van der Waals surface area contributed by atoms with Gasteiger partial charge < -0.3 is 9.80 Å². The molecule has 0 heterocycles. The molecule has 13 rings (SSSR count). The minimum Gasteiger partial charge on any atom is -0.310 e. The van der Waals surface area contributed by atoms with Crippen LogP contribution in [0.25, 0.3) is 66.8 Å². The van der Waals surface area contributed by atoms with Crippen molar-refractivity contribution in [2.45, 2.75) is 25.7 Å². The van der Waals surface area contributed by atoms with Crippen molar-refractivity contribution in [1.29, 1.82) is 0 Å². The Labute approximate surface area is 423 Å². The fourth-order valence-electron chi connectivity index (χ4n) is 11.3. The number of rotatable bonds is 11. The lowest BCUT2D eigenvalue weighted by atomic mass is 9.75. The Morgan fingerprint density at radius 2 is 0.444 bits per heavy atom. The van der Waals surface area contributed by atoms with Crippen LogP contribution in [0.15, 0.2) is 267 Å². The van der Waals surface area contributed by atoms with Crippen molar-refractivity contribution in [3.8, 4) is 66.8 Å². The molecule has 0 saturated carbocycles. The highest BCUT2D eigenvalue weighted by Gasteiger charge is 2.30. The number of hydrogen-bond donors (Lipinski definition) is 0. The molecule has 0 unspecified atom stereocenters. The Balaban J connectivity index is 0.905. The molecule has 0 N–H and O–H groups in total. The molecule has 0 amide bonds. The molecule has 72 heavy (non-hydrogen) atoms. The largest absolute Gasteiger partial charge is 0.310 e. The van der Waals surface area contributed by atoms with Crippen molar-refractivity contribution in [2.24, 2.45) is 0 Å². The number of hydrogen-bond acceptors (Lipinski definition) is 2. The quantitative estimate of drug-likeness (QED) is 0.128. The van der Waals surface area contributed by atoms with Gasteiger partial charge in [-0.1, -0.05) is 188 Å². The number of benzene rings is 11. The molecular weight excluding hydrogens is 869 g/mol. The average Bonchev–Trinajstić information content (AvgIpc) is 3.46. The van der Waals surface area contributed by atoms with Crippen molar-refractivity contribution in [2.75, 3.05) is 9.80 Å². The molecule has 0 fully saturated rings. The summed E-state index contributed by atoms with van der Waals surface area (Å²) in [6, 6.07) is 98.0. The number of aryl methyl sites for hydroxylation is 4. The Morgan fingerprint density at radius 3 is 0.778 bits per heavy atom. The van der Waals surface area contributed by atoms with Gasteiger partial charge in [-0.15, -0.1) is 0 Å². The summed E-state index contributed by atoms with van der Waals surface area (Å²) in [7, 11) is 0. The van der Waals surface area contributed by atoms with Gasteiger partial charge in [-0.25, -0.2) is 0 Å². The first-order chi connectivity index (χ1) is 35.7. The van der Waals surface area contributed by atoms with Gasteiger partial charge in [0.15, 0.2) is 0 Å². The van der Waals surface area contributed by atoms with Gasteiger partial charge in [0.2, 0.25) is 0 Å². The van der Waals surface area contributed by atoms with Crippen LogP contribution >= 0.6 is 0 Å². The van der Waals surface area contributed by atoms with Gasteiger partial charge in [0.1, 0.15) is 0 Å². The summed E-state index contributed by atoms with van der Waals surface area (Å²) in [5.41, 5.74) is 27.7. The lowest BCUT2D eigenvalue weighted by Gasteiger charge is -2.35. The Kier molecular flexibility index (Phi) is 11.2. The summed E-state index contributed by atoms with van der Waals surface area (Å²) in [5, 5.41) is 0. The van der Waals surface area contributed by atoms with Crippen LogP contribution in [0.2, 0.25) is 0 Å². The molecule has 0 aromatic heterocycles. The second-order valence-electron chi connectivity index (χ2n) is 19.2. The first-order valence-electron chi connectivity index (χ1n) is 25.3. The maximum absolute atomic E-state index is 2.49. The average molecular weight is 921 g/mol. The second kappa shape index (κ2) is 18.7. The third-order valence-electron chi connectivity index (χ3n) is 14.7. The van der Waals surface area contributed by atoms with E-state index in [0.717, 1.165) is 48.4 Å². The van der Waals surface area contributed by atoms with E-state index in [4.69, 9.17) is 0 Å². The summed E-state index contributed by atoms with van der Waals surface area (Å²) in [6.45, 7) is 0. The Hall–Kier alpha value is -8.98. The Bertz CT molecular complexity index is 3600. The van der Waals surface area contributed by atoms with Gasteiger partial charge in [0.05, 0.1) is 0 Å². The van der Waals surface area contributed by atoms with E-state index in [1.807, 2.05) is 0 Å². The van der Waals surface area contributed by atoms with Crippen LogP contribution in [0.3, 0.4) is 0 Å². The van der Waals surface area contributed by atoms with E-state index in [2.05, 4.69) is 277 Å². The van der Waals surface area contributed by atoms with Crippen molar-refractivity contribution in [3.05, 3.63) is 289 Å². The molecule has 11 aromatic rings. The normalized spacial score (nSPS) is 12.2. The van der Waals surface area contributed by atoms with Gasteiger partial charge in [-0.05, 0) is 194 Å². The summed E-state index contributed by atoms with van der Waals surface area (Å²) in [4.78, 5) is 4.96. The van der Waals surface area contributed by atoms with Gasteiger partial charge >= 0.3 is 0 Å². The summed E-state index contributed by atoms with van der Waals surface area (Å²) in [5.74, 6) is 0. The van der Waals surface area contributed by atoms with E-state index in [1.165, 1.54) is 100 Å². The Morgan fingerprint density at radius 1 is 0.181 bits per heavy atom. The molecular formula is C70H52N2. The standard InChI is InChI=1S/C70H52N2/c1-5-17-49(18-6-1)54-25-13-26-55(41-54)53-37-39-63(40-38-53)71(64-30-14-27-56(42-64)50-19-7-2-8-20-50)67-45-59-33-35-61-47-68(48-62-36-34-60(46-67)69(59)70(61)62)72(65-31-15-28-57(43-65)51-21-9-3-10-22-51)66-32-16-29-58(44-66)52-23-11-4-12-24-52/h1-32,37-48H,33-36H2. The van der Waals surface area contributed by atoms with Crippen LogP contribution in [0, 0.1) is 0 Å². The zero-order valence-corrected chi connectivity index (χ0v) is 40.1. The van der Waals surface area contributed by atoms with E-state index in [1.54, 1.807) is 0 Å². The van der Waals surface area contributed by atoms with Crippen LogP contribution in [-0.2, 0) is 25.7 Å². The number of anilines is 6. The topological polar surface area (TPSA) is 6.48 Å². The highest BCUT2D eigenvalue weighted by molar-refractivity contribution is 5.90. The molecule has 2 aliphatic carbocycles. The van der Waals surface area contributed by atoms with E-state index < -0.39 is 0 Å². The molecule has 0 spiro atoms. The smallest absolute Gasteiger partial charge is 0.0467 e. The minimum atomic E-state index is 0.980. The fraction of sp³-hybridized carbons (Fsp3) is 0.0571. The molecule has 0 atom stereocenters. The minimum absolute atomic E-state index is 0.980. The molecule has 2 aliphatic rings. The summed E-state index contributed by atoms with van der Waals surface area (Å²) >= 11 is 0. The highest BCUT2D eigenvalue weighted by atomic mass is 15.1. The maximum atomic E-state index is 2.49. The third kappa shape index (κ3) is 8.27. The first kappa shape index (κ1) is 43.1. The lowest BCUT2D eigenvalue weighted by molar-refractivity contribution is 0.875. The second-order valence-corrected chi connectivity index (χ2v) is 19.2. The molecule has 11 aromatic carbocycles. The van der Waals surface area contributed by atoms with Crippen LogP contribution in [-0.4, -0.2) is 0 Å². The van der Waals surface area contributed by atoms with Crippen molar-refractivity contribution < 1.29 is 0 Å². The summed E-state index contributed by atoms with van der Waals surface area (Å²) in [6.07, 6.45) is 3.92. The monoisotopic (exact) mass is 920 g/mol. The molecule has 2 heteroatoms. The van der Waals surface area contributed by atoms with Gasteiger partial charge in [-0.3, -0.25) is 0 Å². The molecule has 342 valence electrons. The van der Waals surface area contributed by atoms with Crippen LogP contribution in [0.1, 0.15) is 22.3 Å². The highest BCUT2D eigenvalue weighted by Crippen LogP contribution is 2.49. The third-order valence-corrected chi connectivity index (χ3v) is 14.7. The van der Waals surface area contributed by atoms with Crippen LogP contribution in [0.4, 0.5) is 34.1 Å². The molecule has 2 nitrogen and oxygen atoms in total. The molecule has 0 saturated heterocycles. The van der Waals surface area contributed by atoms with Gasteiger partial charge in [-0.2, -0.15) is 0 Å². The summed E-state index contributed by atoms with van der Waals surface area (Å²) < 4.78 is 0. The number of nitrogens with zero attached hydrogens (tertiary/aromatic N) is 2. The first-order valence-corrected chi connectivity index (χ1v) is 25.3. The molecule has 0 bridgehead atoms. The van der Waals surface area contributed by atoms with E-state index in [9.17, 15) is 0 Å². The molecule has 0 radical (unpaired) electrons. The predicted octanol–water partition coefficient (Wildman–Crippen LogP) is 18.8. The predicted molar refractivity (Wildman–Crippen MR) is 303 cm³/mol. The van der Waals surface area contributed by atoms with Crippen molar-refractivity contribution in [1.82, 2.24) is 0 Å². The zero-order valence-electron chi connectivity index (χ0n) is 40.1.